The van der Waals surface area contributed by atoms with Gasteiger partial charge in [0, 0.05) is 23.6 Å². The van der Waals surface area contributed by atoms with E-state index in [4.69, 9.17) is 10.5 Å². The summed E-state index contributed by atoms with van der Waals surface area (Å²) in [5.41, 5.74) is 3.62. The predicted octanol–water partition coefficient (Wildman–Crippen LogP) is 5.39. The van der Waals surface area contributed by atoms with E-state index in [2.05, 4.69) is 79.8 Å². The second kappa shape index (κ2) is 18.6. The minimum absolute atomic E-state index is 0.187. The largest absolute Gasteiger partial charge is 0.508 e. The molecule has 65 heavy (non-hydrogen) atoms. The van der Waals surface area contributed by atoms with Gasteiger partial charge in [-0.3, -0.25) is 24.1 Å². The average Bonchev–Trinajstić information content (AvgIpc) is 3.27. The van der Waals surface area contributed by atoms with Gasteiger partial charge < -0.3 is 41.3 Å². The maximum Gasteiger partial charge on any atom is 0.255 e. The highest BCUT2D eigenvalue weighted by Gasteiger charge is 2.68. The van der Waals surface area contributed by atoms with E-state index in [0.717, 1.165) is 37.6 Å². The number of aromatic hydroxyl groups is 1. The summed E-state index contributed by atoms with van der Waals surface area (Å²) >= 11 is 0. The summed E-state index contributed by atoms with van der Waals surface area (Å²) in [5.74, 6) is -9.47. The van der Waals surface area contributed by atoms with Gasteiger partial charge in [0.15, 0.2) is 11.4 Å². The number of ether oxygens (including phenoxy) is 1. The maximum atomic E-state index is 14.3. The number of nitrogens with zero attached hydrogens (tertiary/aromatic N) is 1. The molecule has 0 radical (unpaired) electrons. The summed E-state index contributed by atoms with van der Waals surface area (Å²) in [6.45, 7) is 5.84. The number of aryl methyl sites for hydroxylation is 2. The molecule has 6 atom stereocenters. The van der Waals surface area contributed by atoms with Crippen LogP contribution in [0.4, 0.5) is 5.69 Å². The maximum absolute atomic E-state index is 14.3. The van der Waals surface area contributed by atoms with Crippen LogP contribution in [-0.2, 0) is 19.2 Å². The third-order valence-electron chi connectivity index (χ3n) is 13.7. The number of rotatable bonds is 15. The normalized spacial score (nSPS) is 22.9. The highest BCUT2D eigenvalue weighted by atomic mass is 31.2. The van der Waals surface area contributed by atoms with Crippen LogP contribution in [0.5, 0.6) is 11.5 Å². The van der Waals surface area contributed by atoms with Gasteiger partial charge in [0.2, 0.25) is 11.7 Å². The first-order valence-corrected chi connectivity index (χ1v) is 24.0. The van der Waals surface area contributed by atoms with Crippen LogP contribution in [-0.4, -0.2) is 98.9 Å². The van der Waals surface area contributed by atoms with Gasteiger partial charge in [-0.25, -0.2) is 0 Å². The molecule has 342 valence electrons. The fraction of sp³-hybridized carbons (Fsp3) is 0.373. The van der Waals surface area contributed by atoms with E-state index in [1.54, 1.807) is 14.0 Å². The first-order chi connectivity index (χ1) is 30.9. The lowest BCUT2D eigenvalue weighted by molar-refractivity contribution is -0.169. The van der Waals surface area contributed by atoms with E-state index in [1.165, 1.54) is 58.2 Å². The molecule has 3 aliphatic carbocycles. The zero-order valence-corrected chi connectivity index (χ0v) is 38.6. The number of anilines is 1. The Balaban J connectivity index is 1.06. The molecule has 1 saturated carbocycles. The summed E-state index contributed by atoms with van der Waals surface area (Å²) in [4.78, 5) is 55.1. The number of methoxy groups -OCH3 is 1. The number of benzene rings is 4. The molecule has 0 aliphatic heterocycles. The number of hydrogen-bond acceptors (Lipinski definition) is 11. The van der Waals surface area contributed by atoms with Crippen LogP contribution in [0, 0.1) is 25.7 Å². The van der Waals surface area contributed by atoms with Crippen molar-refractivity contribution in [1.82, 2.24) is 4.90 Å². The zero-order chi connectivity index (χ0) is 47.1. The minimum atomic E-state index is -3.02. The van der Waals surface area contributed by atoms with Crippen molar-refractivity contribution in [2.24, 2.45) is 17.6 Å². The summed E-state index contributed by atoms with van der Waals surface area (Å²) in [6.07, 6.45) is 3.66. The molecule has 0 saturated heterocycles. The Hall–Kier alpha value is -5.85. The highest BCUT2D eigenvalue weighted by molar-refractivity contribution is 7.95. The first-order valence-electron chi connectivity index (χ1n) is 22.1. The van der Waals surface area contributed by atoms with Crippen LogP contribution in [0.1, 0.15) is 73.6 Å². The lowest BCUT2D eigenvalue weighted by Gasteiger charge is -2.53. The van der Waals surface area contributed by atoms with Crippen molar-refractivity contribution >= 4 is 58.0 Å². The van der Waals surface area contributed by atoms with Gasteiger partial charge in [0.1, 0.15) is 51.8 Å². The molecule has 0 spiro atoms. The monoisotopic (exact) mass is 904 g/mol. The standard InChI is InChI=1S/C51H58N3O10P/c1-28-13-19-32(20-14-28)65(33-21-15-29(2)16-22-33,34-23-17-31(64-6)18-24-34)27-11-9-7-8-10-12-37(56)53-35-25-26-36(55)40-38(35)30(3)39-41(45(40)57)48(60)51(63)43(46(39)58)44(54(4)5)47(59)42(49(51)61)50(52)62/h13-26,30,39,43-44,46,58,63H,7-12,27H2,1-6H3,(H5-,52,53,55,56,57,59,60,61,62)/p+1/t30-,39+,43+,44-,46-,51-/m0/s1. The van der Waals surface area contributed by atoms with Crippen LogP contribution >= 0.6 is 7.26 Å². The summed E-state index contributed by atoms with van der Waals surface area (Å²) in [7, 11) is 2.52. The molecule has 0 bridgehead atoms. The Morgan fingerprint density at radius 2 is 1.35 bits per heavy atom. The van der Waals surface area contributed by atoms with E-state index >= 15 is 0 Å². The summed E-state index contributed by atoms with van der Waals surface area (Å²) < 4.78 is 5.52. The molecule has 1 fully saturated rings. The lowest BCUT2D eigenvalue weighted by Crippen LogP contribution is -2.70. The number of aliphatic hydroxyl groups is 4. The molecule has 0 unspecified atom stereocenters. The van der Waals surface area contributed by atoms with Gasteiger partial charge in [-0.05, 0) is 119 Å². The molecular weight excluding hydrogens is 846 g/mol. The average molecular weight is 905 g/mol. The van der Waals surface area contributed by atoms with Crippen molar-refractivity contribution in [2.45, 2.75) is 83.0 Å². The molecule has 4 aromatic carbocycles. The summed E-state index contributed by atoms with van der Waals surface area (Å²) in [6, 6.07) is 27.6. The number of ketones is 2. The van der Waals surface area contributed by atoms with Crippen LogP contribution in [0.2, 0.25) is 0 Å². The second-order valence-corrected chi connectivity index (χ2v) is 21.6. The zero-order valence-electron chi connectivity index (χ0n) is 37.7. The molecule has 13 nitrogen and oxygen atoms in total. The molecule has 3 aliphatic rings. The third-order valence-corrected chi connectivity index (χ3v) is 18.3. The van der Waals surface area contributed by atoms with Gasteiger partial charge in [0.05, 0.1) is 36.9 Å². The Kier molecular flexibility index (Phi) is 13.5. The van der Waals surface area contributed by atoms with E-state index in [9.17, 15) is 44.7 Å². The van der Waals surface area contributed by atoms with Crippen molar-refractivity contribution in [3.05, 3.63) is 124 Å². The smallest absolute Gasteiger partial charge is 0.255 e. The molecule has 2 amide bonds. The molecule has 7 rings (SSSR count). The molecule has 0 aromatic heterocycles. The Morgan fingerprint density at radius 3 is 1.89 bits per heavy atom. The number of amides is 2. The summed E-state index contributed by atoms with van der Waals surface area (Å²) in [5, 5.41) is 64.8. The second-order valence-electron chi connectivity index (χ2n) is 17.9. The fourth-order valence-electron chi connectivity index (χ4n) is 10.5. The number of phenolic OH excluding ortho intramolecular Hbond substituents is 1. The lowest BCUT2D eigenvalue weighted by atomic mass is 9.54. The first kappa shape index (κ1) is 47.1. The molecule has 4 aromatic rings. The Bertz CT molecular complexity index is 2520. The molecular formula is C51H59N3O10P+. The van der Waals surface area contributed by atoms with Gasteiger partial charge in [0.25, 0.3) is 5.91 Å². The topological polar surface area (TPSA) is 220 Å². The number of Topliss-reactive ketones (excluding diaryl/α,β-unsaturated/α-hetero) is 2. The predicted molar refractivity (Wildman–Crippen MR) is 253 cm³/mol. The van der Waals surface area contributed by atoms with Crippen LogP contribution in [0.15, 0.2) is 102 Å². The minimum Gasteiger partial charge on any atom is -0.508 e. The van der Waals surface area contributed by atoms with E-state index in [-0.39, 0.29) is 29.1 Å². The fourth-order valence-corrected chi connectivity index (χ4v) is 14.8. The van der Waals surface area contributed by atoms with Crippen LogP contribution in [0.25, 0.3) is 5.76 Å². The number of carbonyl (C=O) groups is 4. The number of carbonyl (C=O) groups excluding carboxylic acids is 4. The number of unbranched alkanes of at least 4 members (excludes halogenated alkanes) is 4. The number of aliphatic hydroxyl groups excluding tert-OH is 3. The van der Waals surface area contributed by atoms with Crippen molar-refractivity contribution < 1.29 is 49.4 Å². The quantitative estimate of drug-likeness (QED) is 0.0347. The number of hydrogen-bond donors (Lipinski definition) is 7. The Labute approximate surface area is 380 Å². The third kappa shape index (κ3) is 8.13. The van der Waals surface area contributed by atoms with Crippen molar-refractivity contribution in [3.63, 3.8) is 0 Å². The van der Waals surface area contributed by atoms with Gasteiger partial charge >= 0.3 is 0 Å². The SMILES string of the molecule is COc1ccc([P+](CCCCCCCC(=O)Nc2ccc(O)c3c2[C@H](C)[C@@H]2C(=C3O)C(=O)[C@]3(O)C(O)=C(C(N)=O)C(=O)[C@@H](N(C)C)[C@@H]3[C@H]2O)(c2ccc(C)cc2)c2ccc(C)cc2)cc1. The molecule has 8 N–H and O–H groups in total. The van der Waals surface area contributed by atoms with E-state index in [0.29, 0.717) is 6.42 Å². The number of nitrogens with one attached hydrogen (secondary N) is 1. The number of likely N-dealkylation sites (N-methyl/N-ethyl adjacent to an activating group) is 1. The van der Waals surface area contributed by atoms with Crippen LogP contribution in [0.3, 0.4) is 0 Å². The van der Waals surface area contributed by atoms with E-state index in [1.807, 2.05) is 12.1 Å². The molecule has 0 heterocycles. The highest BCUT2D eigenvalue weighted by Crippen LogP contribution is 2.58. The van der Waals surface area contributed by atoms with Crippen molar-refractivity contribution in [2.75, 3.05) is 32.7 Å². The Morgan fingerprint density at radius 1 is 0.815 bits per heavy atom. The number of phenols is 1. The van der Waals surface area contributed by atoms with E-state index < -0.39 is 88.7 Å². The van der Waals surface area contributed by atoms with Gasteiger partial charge in [-0.2, -0.15) is 0 Å². The van der Waals surface area contributed by atoms with Crippen molar-refractivity contribution in [3.8, 4) is 11.5 Å². The number of nitrogens with two attached hydrogens (primary N) is 1. The number of fused-ring (bicyclic) bond motifs is 3. The number of primary amides is 1. The van der Waals surface area contributed by atoms with Crippen molar-refractivity contribution in [1.29, 1.82) is 0 Å². The van der Waals surface area contributed by atoms with Gasteiger partial charge in [-0.15, -0.1) is 0 Å². The molecule has 14 heteroatoms. The van der Waals surface area contributed by atoms with Crippen LogP contribution < -0.4 is 31.7 Å². The van der Waals surface area contributed by atoms with Gasteiger partial charge in [-0.1, -0.05) is 55.2 Å².